The van der Waals surface area contributed by atoms with Gasteiger partial charge in [0.05, 0.1) is 11.6 Å². The SMILES string of the molecule is C=C(C=CC=CC)C(C)(C)C(C=CC=CC=C1N(C)c2ccccc2C1(C)C)=NCCCCCC(=O)NNC(=O)C(C)C1N=C(c2ccc(Cl)cc2)c2c(sc(C)c2C)N(C(C)=N)C1=N. The number of para-hydroxylation sites is 1. The molecular weight excluding hydrogens is 848 g/mol. The lowest BCUT2D eigenvalue weighted by Gasteiger charge is -2.27. The van der Waals surface area contributed by atoms with E-state index in [2.05, 4.69) is 99.6 Å². The number of likely N-dealkylation sites (N-methyl/N-ethyl adjacent to an activating group) is 1. The van der Waals surface area contributed by atoms with E-state index in [1.807, 2.05) is 69.4 Å². The topological polar surface area (TPSA) is 137 Å². The number of carbonyl (C=O) groups excluding carboxylic acids is 2. The minimum Gasteiger partial charge on any atom is -0.347 e. The molecule has 2 amide bonds. The molecule has 10 nitrogen and oxygen atoms in total. The van der Waals surface area contributed by atoms with E-state index in [1.54, 1.807) is 30.9 Å². The first-order valence-electron chi connectivity index (χ1n) is 22.2. The summed E-state index contributed by atoms with van der Waals surface area (Å²) in [5.74, 6) is -1.50. The number of carbonyl (C=O) groups is 2. The van der Waals surface area contributed by atoms with Crippen molar-refractivity contribution in [2.45, 2.75) is 99.5 Å². The van der Waals surface area contributed by atoms with Gasteiger partial charge in [-0.05, 0) is 87.6 Å². The van der Waals surface area contributed by atoms with E-state index in [1.165, 1.54) is 28.3 Å². The van der Waals surface area contributed by atoms with Crippen LogP contribution in [0, 0.1) is 36.0 Å². The molecule has 1 aromatic heterocycles. The number of hydrogen-bond acceptors (Lipinski definition) is 8. The molecule has 0 saturated heterocycles. The van der Waals surface area contributed by atoms with Gasteiger partial charge in [-0.15, -0.1) is 11.3 Å². The number of amidine groups is 2. The molecule has 3 aromatic rings. The van der Waals surface area contributed by atoms with Crippen molar-refractivity contribution in [3.8, 4) is 0 Å². The molecule has 0 saturated carbocycles. The molecule has 2 aliphatic heterocycles. The van der Waals surface area contributed by atoms with Crippen LogP contribution >= 0.6 is 22.9 Å². The number of nitrogens with zero attached hydrogens (tertiary/aromatic N) is 4. The lowest BCUT2D eigenvalue weighted by Crippen LogP contribution is -2.50. The molecule has 2 unspecified atom stereocenters. The number of thiophene rings is 1. The Morgan fingerprint density at radius 1 is 1.02 bits per heavy atom. The highest BCUT2D eigenvalue weighted by atomic mass is 35.5. The second kappa shape index (κ2) is 21.8. The van der Waals surface area contributed by atoms with Crippen molar-refractivity contribution < 1.29 is 9.59 Å². The smallest absolute Gasteiger partial charge is 0.243 e. The predicted molar refractivity (Wildman–Crippen MR) is 276 cm³/mol. The number of amides is 2. The van der Waals surface area contributed by atoms with Crippen LogP contribution in [-0.4, -0.2) is 54.5 Å². The summed E-state index contributed by atoms with van der Waals surface area (Å²) in [5.41, 5.74) is 13.5. The highest BCUT2D eigenvalue weighted by molar-refractivity contribution is 7.17. The van der Waals surface area contributed by atoms with E-state index in [0.29, 0.717) is 28.7 Å². The number of benzene rings is 2. The summed E-state index contributed by atoms with van der Waals surface area (Å²) in [4.78, 5) is 41.6. The van der Waals surface area contributed by atoms with Gasteiger partial charge in [-0.3, -0.25) is 46.1 Å². The number of aliphatic imine (C=N–C) groups is 2. The Labute approximate surface area is 395 Å². The number of aryl methyl sites for hydroxylation is 1. The highest BCUT2D eigenvalue weighted by Crippen LogP contribution is 2.46. The van der Waals surface area contributed by atoms with Gasteiger partial charge in [0, 0.05) is 69.0 Å². The van der Waals surface area contributed by atoms with Crippen LogP contribution in [0.2, 0.25) is 5.02 Å². The zero-order chi connectivity index (χ0) is 47.6. The van der Waals surface area contributed by atoms with Crippen LogP contribution in [0.5, 0.6) is 0 Å². The molecule has 2 atom stereocenters. The maximum Gasteiger partial charge on any atom is 0.243 e. The number of unbranched alkanes of at least 4 members (excludes halogenated alkanes) is 2. The monoisotopic (exact) mass is 912 g/mol. The molecule has 2 aromatic carbocycles. The normalized spacial score (nSPS) is 17.6. The van der Waals surface area contributed by atoms with Crippen LogP contribution in [0.4, 0.5) is 10.7 Å². The Morgan fingerprint density at radius 2 is 1.71 bits per heavy atom. The zero-order valence-corrected chi connectivity index (χ0v) is 41.2. The molecule has 5 rings (SSSR count). The first-order chi connectivity index (χ1) is 30.8. The summed E-state index contributed by atoms with van der Waals surface area (Å²) in [6.07, 6.45) is 20.8. The largest absolute Gasteiger partial charge is 0.347 e. The van der Waals surface area contributed by atoms with Crippen molar-refractivity contribution in [1.29, 1.82) is 10.8 Å². The van der Waals surface area contributed by atoms with Gasteiger partial charge in [0.25, 0.3) is 0 Å². The van der Waals surface area contributed by atoms with Crippen LogP contribution in [0.15, 0.2) is 131 Å². The molecule has 0 bridgehead atoms. The second-order valence-corrected chi connectivity index (χ2v) is 19.3. The number of halogens is 1. The minimum absolute atomic E-state index is 0.00857. The average Bonchev–Trinajstić information content (AvgIpc) is 3.60. The van der Waals surface area contributed by atoms with Gasteiger partial charge in [-0.25, -0.2) is 0 Å². The van der Waals surface area contributed by atoms with Gasteiger partial charge < -0.3 is 4.90 Å². The van der Waals surface area contributed by atoms with Crippen LogP contribution in [0.3, 0.4) is 0 Å². The molecule has 3 heterocycles. The molecule has 12 heteroatoms. The third-order valence-electron chi connectivity index (χ3n) is 12.3. The maximum absolute atomic E-state index is 13.6. The molecule has 0 radical (unpaired) electrons. The van der Waals surface area contributed by atoms with Crippen molar-refractivity contribution in [2.75, 3.05) is 23.4 Å². The van der Waals surface area contributed by atoms with Crippen LogP contribution in [0.25, 0.3) is 0 Å². The van der Waals surface area contributed by atoms with E-state index < -0.39 is 23.3 Å². The maximum atomic E-state index is 13.6. The molecule has 65 heavy (non-hydrogen) atoms. The van der Waals surface area contributed by atoms with Gasteiger partial charge in [0.1, 0.15) is 22.7 Å². The Bertz CT molecular complexity index is 2520. The van der Waals surface area contributed by atoms with E-state index in [9.17, 15) is 15.0 Å². The van der Waals surface area contributed by atoms with E-state index in [0.717, 1.165) is 45.7 Å². The third kappa shape index (κ3) is 11.5. The second-order valence-electron chi connectivity index (χ2n) is 17.6. The number of fused-ring (bicyclic) bond motifs is 2. The number of anilines is 2. The Balaban J connectivity index is 1.19. The predicted octanol–water partition coefficient (Wildman–Crippen LogP) is 11.9. The van der Waals surface area contributed by atoms with Crippen molar-refractivity contribution in [2.24, 2.45) is 21.3 Å². The molecule has 342 valence electrons. The third-order valence-corrected chi connectivity index (χ3v) is 13.8. The minimum atomic E-state index is -0.943. The van der Waals surface area contributed by atoms with E-state index in [-0.39, 0.29) is 29.4 Å². The number of rotatable bonds is 16. The standard InChI is InChI=1S/C53H65ClN8O2S/c1-12-13-16-23-34(2)52(7,8)43(26-17-14-18-27-44-53(9,10)41-24-20-21-25-42(41)61(44)11)57-33-22-15-19-28-45(63)59-60-50(64)36(4)47-49(56)62(38(6)55)51-46(35(3)37(5)65-51)48(58-47)39-29-31-40(54)32-30-39/h12-14,16-18,20-21,23-27,29-32,36,47,55-56H,2,15,19,22,28,33H2,1,3-11H3,(H,59,63)(H,60,64). The number of hydrogen-bond donors (Lipinski definition) is 4. The number of nitrogens with one attached hydrogen (secondary N) is 4. The first kappa shape index (κ1) is 50.1. The van der Waals surface area contributed by atoms with Gasteiger partial charge in [0.15, 0.2) is 0 Å². The zero-order valence-electron chi connectivity index (χ0n) is 39.6. The summed E-state index contributed by atoms with van der Waals surface area (Å²) < 4.78 is 0. The molecule has 2 aliphatic rings. The fourth-order valence-corrected chi connectivity index (χ4v) is 9.41. The summed E-state index contributed by atoms with van der Waals surface area (Å²) >= 11 is 7.73. The van der Waals surface area contributed by atoms with E-state index in [4.69, 9.17) is 27.0 Å². The number of hydrazine groups is 1. The summed E-state index contributed by atoms with van der Waals surface area (Å²) in [5, 5.41) is 19.2. The first-order valence-corrected chi connectivity index (χ1v) is 23.4. The van der Waals surface area contributed by atoms with Crippen molar-refractivity contribution in [3.63, 3.8) is 0 Å². The molecule has 4 N–H and O–H groups in total. The molecular formula is C53H65ClN8O2S. The van der Waals surface area contributed by atoms with Gasteiger partial charge >= 0.3 is 0 Å². The Kier molecular flexibility index (Phi) is 16.8. The summed E-state index contributed by atoms with van der Waals surface area (Å²) in [6, 6.07) is 14.9. The van der Waals surface area contributed by atoms with Gasteiger partial charge in [-0.1, -0.05) is 132 Å². The fraction of sp³-hybridized carbons (Fsp3) is 0.358. The van der Waals surface area contributed by atoms with Gasteiger partial charge in [0.2, 0.25) is 11.8 Å². The molecule has 0 aliphatic carbocycles. The van der Waals surface area contributed by atoms with Crippen molar-refractivity contribution in [3.05, 3.63) is 153 Å². The average molecular weight is 914 g/mol. The van der Waals surface area contributed by atoms with Crippen LogP contribution < -0.4 is 20.7 Å². The quantitative estimate of drug-likeness (QED) is 0.0374. The van der Waals surface area contributed by atoms with E-state index >= 15 is 0 Å². The Hall–Kier alpha value is -5.91. The molecule has 0 spiro atoms. The number of allylic oxidation sites excluding steroid dienone is 11. The van der Waals surface area contributed by atoms with Crippen LogP contribution in [0.1, 0.15) is 101 Å². The molecule has 0 fully saturated rings. The summed E-state index contributed by atoms with van der Waals surface area (Å²) in [7, 11) is 2.12. The van der Waals surface area contributed by atoms with Crippen molar-refractivity contribution in [1.82, 2.24) is 10.9 Å². The Morgan fingerprint density at radius 3 is 2.38 bits per heavy atom. The van der Waals surface area contributed by atoms with Gasteiger partial charge in [-0.2, -0.15) is 0 Å². The lowest BCUT2D eigenvalue weighted by atomic mass is 9.79. The van der Waals surface area contributed by atoms with Crippen molar-refractivity contribution >= 4 is 68.5 Å². The summed E-state index contributed by atoms with van der Waals surface area (Å²) in [6.45, 7) is 23.0. The van der Waals surface area contributed by atoms with Crippen LogP contribution in [-0.2, 0) is 15.0 Å². The fourth-order valence-electron chi connectivity index (χ4n) is 8.06. The highest BCUT2D eigenvalue weighted by Gasteiger charge is 2.39. The lowest BCUT2D eigenvalue weighted by molar-refractivity contribution is -0.131.